The molecule has 0 fully saturated rings. The molecular weight excluding hydrogens is 270 g/mol. The summed E-state index contributed by atoms with van der Waals surface area (Å²) in [7, 11) is 0. The molecule has 1 rings (SSSR count). The van der Waals surface area contributed by atoms with Crippen LogP contribution in [0.4, 0.5) is 0 Å². The van der Waals surface area contributed by atoms with Crippen LogP contribution in [-0.4, -0.2) is 12.6 Å². The number of carbonyl (C=O) groups is 1. The molecule has 82 valence electrons. The Balaban J connectivity index is 2.85. The van der Waals surface area contributed by atoms with Crippen molar-refractivity contribution in [3.05, 3.63) is 39.9 Å². The van der Waals surface area contributed by atoms with E-state index in [1.807, 2.05) is 12.1 Å². The summed E-state index contributed by atoms with van der Waals surface area (Å²) in [6, 6.07) is 7.26. The highest BCUT2D eigenvalue weighted by Gasteiger charge is 1.98. The van der Waals surface area contributed by atoms with Crippen LogP contribution in [0.3, 0.4) is 0 Å². The lowest BCUT2D eigenvalue weighted by molar-refractivity contribution is -0.137. The fourth-order valence-corrected chi connectivity index (χ4v) is 1.64. The zero-order valence-corrected chi connectivity index (χ0v) is 10.3. The van der Waals surface area contributed by atoms with Crippen LogP contribution in [0.5, 0.6) is 0 Å². The molecule has 0 saturated heterocycles. The molecule has 0 aliphatic rings. The lowest BCUT2D eigenvalue weighted by Crippen LogP contribution is -1.98. The average Bonchev–Trinajstić information content (AvgIpc) is 2.26. The van der Waals surface area contributed by atoms with Crippen LogP contribution in [0.15, 0.2) is 28.7 Å². The first-order chi connectivity index (χ1) is 7.65. The minimum Gasteiger partial charge on any atom is -0.463 e. The van der Waals surface area contributed by atoms with Crippen molar-refractivity contribution in [3.63, 3.8) is 0 Å². The normalized spacial score (nSPS) is 10.1. The van der Waals surface area contributed by atoms with Gasteiger partial charge in [0.15, 0.2) is 0 Å². The average molecular weight is 280 g/mol. The van der Waals surface area contributed by atoms with Gasteiger partial charge in [0.05, 0.1) is 18.2 Å². The van der Waals surface area contributed by atoms with Gasteiger partial charge in [0.2, 0.25) is 0 Å². The van der Waals surface area contributed by atoms with Gasteiger partial charge < -0.3 is 4.74 Å². The molecule has 16 heavy (non-hydrogen) atoms. The summed E-state index contributed by atoms with van der Waals surface area (Å²) in [5, 5.41) is 8.76. The molecule has 0 aliphatic carbocycles. The number of nitrogens with zero attached hydrogens (tertiary/aromatic N) is 1. The van der Waals surface area contributed by atoms with E-state index >= 15 is 0 Å². The maximum absolute atomic E-state index is 11.1. The summed E-state index contributed by atoms with van der Waals surface area (Å²) in [6.07, 6.45) is 2.95. The van der Waals surface area contributed by atoms with Gasteiger partial charge in [0.1, 0.15) is 0 Å². The molecule has 0 unspecified atom stereocenters. The van der Waals surface area contributed by atoms with E-state index < -0.39 is 0 Å². The predicted molar refractivity (Wildman–Crippen MR) is 64.5 cm³/mol. The van der Waals surface area contributed by atoms with Crippen LogP contribution >= 0.6 is 15.9 Å². The highest BCUT2D eigenvalue weighted by atomic mass is 79.9. The number of carbonyl (C=O) groups excluding carboxylic acids is 1. The van der Waals surface area contributed by atoms with Crippen molar-refractivity contribution in [3.8, 4) is 6.07 Å². The van der Waals surface area contributed by atoms with Gasteiger partial charge in [-0.2, -0.15) is 5.26 Å². The number of ether oxygens (including phenoxy) is 1. The van der Waals surface area contributed by atoms with Crippen LogP contribution in [-0.2, 0) is 9.53 Å². The Hall–Kier alpha value is -1.60. The van der Waals surface area contributed by atoms with E-state index in [4.69, 9.17) is 10.00 Å². The second kappa shape index (κ2) is 6.09. The second-order valence-electron chi connectivity index (χ2n) is 2.97. The largest absolute Gasteiger partial charge is 0.463 e. The van der Waals surface area contributed by atoms with Crippen molar-refractivity contribution in [2.24, 2.45) is 0 Å². The fourth-order valence-electron chi connectivity index (χ4n) is 1.13. The third-order valence-electron chi connectivity index (χ3n) is 1.75. The summed E-state index contributed by atoms with van der Waals surface area (Å²) in [6.45, 7) is 2.10. The lowest BCUT2D eigenvalue weighted by atomic mass is 10.1. The SMILES string of the molecule is CCOC(=O)/C=C/c1cc(Br)cc(C#N)c1. The molecule has 0 heterocycles. The van der Waals surface area contributed by atoms with Gasteiger partial charge in [-0.1, -0.05) is 15.9 Å². The van der Waals surface area contributed by atoms with Crippen LogP contribution < -0.4 is 0 Å². The number of benzene rings is 1. The molecule has 3 nitrogen and oxygen atoms in total. The van der Waals surface area contributed by atoms with Crippen LogP contribution in [0.25, 0.3) is 6.08 Å². The van der Waals surface area contributed by atoms with E-state index in [0.29, 0.717) is 12.2 Å². The molecule has 0 bridgehead atoms. The number of halogens is 1. The Morgan fingerprint density at radius 3 is 2.94 bits per heavy atom. The Bertz CT molecular complexity index is 461. The van der Waals surface area contributed by atoms with E-state index in [1.54, 1.807) is 25.1 Å². The number of nitriles is 1. The van der Waals surface area contributed by atoms with E-state index in [2.05, 4.69) is 15.9 Å². The quantitative estimate of drug-likeness (QED) is 0.632. The number of rotatable bonds is 3. The Morgan fingerprint density at radius 2 is 2.31 bits per heavy atom. The first-order valence-electron chi connectivity index (χ1n) is 4.71. The summed E-state index contributed by atoms with van der Waals surface area (Å²) >= 11 is 3.29. The third kappa shape index (κ3) is 3.87. The first-order valence-corrected chi connectivity index (χ1v) is 5.50. The summed E-state index contributed by atoms with van der Waals surface area (Å²) in [5.41, 5.74) is 1.32. The van der Waals surface area contributed by atoms with Gasteiger partial charge in [0, 0.05) is 10.5 Å². The number of esters is 1. The molecule has 1 aromatic carbocycles. The number of hydrogen-bond acceptors (Lipinski definition) is 3. The molecule has 1 aromatic rings. The fraction of sp³-hybridized carbons (Fsp3) is 0.167. The summed E-state index contributed by atoms with van der Waals surface area (Å²) in [5.74, 6) is -0.388. The third-order valence-corrected chi connectivity index (χ3v) is 2.21. The minimum absolute atomic E-state index is 0.352. The zero-order chi connectivity index (χ0) is 12.0. The van der Waals surface area contributed by atoms with Crippen LogP contribution in [0.2, 0.25) is 0 Å². The van der Waals surface area contributed by atoms with Crippen molar-refractivity contribution in [2.75, 3.05) is 6.61 Å². The minimum atomic E-state index is -0.388. The van der Waals surface area contributed by atoms with Crippen molar-refractivity contribution in [1.82, 2.24) is 0 Å². The standard InChI is InChI=1S/C12H10BrNO2/c1-2-16-12(15)4-3-9-5-10(8-14)7-11(13)6-9/h3-7H,2H2,1H3/b4-3+. The van der Waals surface area contributed by atoms with Gasteiger partial charge in [-0.15, -0.1) is 0 Å². The van der Waals surface area contributed by atoms with Gasteiger partial charge in [-0.05, 0) is 36.8 Å². The first kappa shape index (κ1) is 12.5. The van der Waals surface area contributed by atoms with Crippen molar-refractivity contribution < 1.29 is 9.53 Å². The zero-order valence-electron chi connectivity index (χ0n) is 8.74. The van der Waals surface area contributed by atoms with E-state index in [0.717, 1.165) is 10.0 Å². The van der Waals surface area contributed by atoms with Gasteiger partial charge >= 0.3 is 5.97 Å². The Kier molecular flexibility index (Phi) is 4.74. The maximum Gasteiger partial charge on any atom is 0.330 e. The van der Waals surface area contributed by atoms with Gasteiger partial charge in [-0.25, -0.2) is 4.79 Å². The second-order valence-corrected chi connectivity index (χ2v) is 3.89. The van der Waals surface area contributed by atoms with Crippen LogP contribution in [0.1, 0.15) is 18.1 Å². The monoisotopic (exact) mass is 279 g/mol. The van der Waals surface area contributed by atoms with E-state index in [9.17, 15) is 4.79 Å². The van der Waals surface area contributed by atoms with Crippen LogP contribution in [0, 0.1) is 11.3 Å². The number of hydrogen-bond donors (Lipinski definition) is 0. The molecule has 0 aliphatic heterocycles. The molecule has 4 heteroatoms. The molecule has 0 atom stereocenters. The molecule has 0 N–H and O–H groups in total. The van der Waals surface area contributed by atoms with Crippen molar-refractivity contribution in [2.45, 2.75) is 6.92 Å². The lowest BCUT2D eigenvalue weighted by Gasteiger charge is -1.97. The highest BCUT2D eigenvalue weighted by Crippen LogP contribution is 2.16. The molecule has 0 aromatic heterocycles. The molecule has 0 spiro atoms. The Labute approximate surface area is 102 Å². The molecule has 0 amide bonds. The van der Waals surface area contributed by atoms with E-state index in [1.165, 1.54) is 6.08 Å². The summed E-state index contributed by atoms with van der Waals surface area (Å²) < 4.78 is 5.55. The molecule has 0 saturated carbocycles. The maximum atomic E-state index is 11.1. The van der Waals surface area contributed by atoms with Crippen molar-refractivity contribution in [1.29, 1.82) is 5.26 Å². The van der Waals surface area contributed by atoms with Gasteiger partial charge in [0.25, 0.3) is 0 Å². The van der Waals surface area contributed by atoms with E-state index in [-0.39, 0.29) is 5.97 Å². The smallest absolute Gasteiger partial charge is 0.330 e. The molecule has 0 radical (unpaired) electrons. The topological polar surface area (TPSA) is 50.1 Å². The molecular formula is C12H10BrNO2. The van der Waals surface area contributed by atoms with Gasteiger partial charge in [-0.3, -0.25) is 0 Å². The highest BCUT2D eigenvalue weighted by molar-refractivity contribution is 9.10. The predicted octanol–water partition coefficient (Wildman–Crippen LogP) is 2.90. The Morgan fingerprint density at radius 1 is 1.56 bits per heavy atom. The summed E-state index contributed by atoms with van der Waals surface area (Å²) in [4.78, 5) is 11.1. The van der Waals surface area contributed by atoms with Crippen molar-refractivity contribution >= 4 is 28.0 Å².